The average molecular weight is 441 g/mol. The molecule has 1 heterocycles. The van der Waals surface area contributed by atoms with Gasteiger partial charge in [0, 0.05) is 38.2 Å². The fourth-order valence-corrected chi connectivity index (χ4v) is 3.98. The van der Waals surface area contributed by atoms with Gasteiger partial charge in [-0.05, 0) is 49.7 Å². The molecule has 0 radical (unpaired) electrons. The number of unbranched alkanes of at least 4 members (excludes halogenated alkanes) is 1. The number of ketones is 1. The second-order valence-electron chi connectivity index (χ2n) is 7.79. The van der Waals surface area contributed by atoms with Gasteiger partial charge in [0.1, 0.15) is 11.5 Å². The highest BCUT2D eigenvalue weighted by Crippen LogP contribution is 2.28. The fraction of sp³-hybridized carbons (Fsp3) is 0.417. The number of para-hydroxylation sites is 2. The number of urea groups is 1. The number of amides is 2. The van der Waals surface area contributed by atoms with E-state index < -0.39 is 6.03 Å². The number of carbonyl (C=O) groups excluding carboxylic acids is 2. The Bertz CT molecular complexity index is 926. The molecule has 3 rings (SSSR count). The number of nitrogens with zero attached hydrogens (tertiary/aromatic N) is 2. The number of hydrogen-bond donors (Lipinski definition) is 2. The Morgan fingerprint density at radius 3 is 2.38 bits per heavy atom. The van der Waals surface area contributed by atoms with Crippen molar-refractivity contribution in [2.24, 2.45) is 5.73 Å². The summed E-state index contributed by atoms with van der Waals surface area (Å²) in [6.45, 7) is 4.88. The Morgan fingerprint density at radius 1 is 0.969 bits per heavy atom. The molecule has 1 saturated heterocycles. The summed E-state index contributed by atoms with van der Waals surface area (Å²) in [5.41, 5.74) is 7.28. The topological polar surface area (TPSA) is 97.1 Å². The third-order valence-electron chi connectivity index (χ3n) is 5.71. The Morgan fingerprint density at radius 2 is 1.69 bits per heavy atom. The molecule has 0 aliphatic carbocycles. The first-order valence-corrected chi connectivity index (χ1v) is 10.9. The number of methoxy groups -OCH3 is 2. The van der Waals surface area contributed by atoms with Gasteiger partial charge >= 0.3 is 6.03 Å². The van der Waals surface area contributed by atoms with Crippen molar-refractivity contribution in [3.05, 3.63) is 48.0 Å². The van der Waals surface area contributed by atoms with Crippen LogP contribution in [-0.4, -0.2) is 63.7 Å². The Balaban J connectivity index is 1.42. The van der Waals surface area contributed by atoms with Gasteiger partial charge in [0.05, 0.1) is 25.6 Å². The van der Waals surface area contributed by atoms with Crippen molar-refractivity contribution in [3.63, 3.8) is 0 Å². The molecule has 0 unspecified atom stereocenters. The molecule has 0 atom stereocenters. The van der Waals surface area contributed by atoms with E-state index in [-0.39, 0.29) is 5.78 Å². The van der Waals surface area contributed by atoms with E-state index in [1.807, 2.05) is 18.2 Å². The zero-order valence-electron chi connectivity index (χ0n) is 18.8. The number of benzene rings is 2. The summed E-state index contributed by atoms with van der Waals surface area (Å²) in [5, 5.41) is 2.50. The number of rotatable bonds is 10. The highest BCUT2D eigenvalue weighted by molar-refractivity contribution is 5.99. The standard InChI is InChI=1S/C24H32N4O4/c1-31-22-11-10-18(17-19(22)26-24(25)30)21(29)8-5-6-12-27-13-15-28(16-14-27)20-7-3-4-9-23(20)32-2/h3-4,7,9-11,17H,5-6,8,12-16H2,1-2H3,(H3,25,26,30). The molecule has 1 aliphatic rings. The Kier molecular flexibility index (Phi) is 8.33. The molecule has 0 bridgehead atoms. The SMILES string of the molecule is COc1ccc(C(=O)CCCCN2CCN(c3ccccc3OC)CC2)cc1NC(N)=O. The predicted molar refractivity (Wildman–Crippen MR) is 126 cm³/mol. The summed E-state index contributed by atoms with van der Waals surface area (Å²) in [7, 11) is 3.20. The van der Waals surface area contributed by atoms with Gasteiger partial charge in [-0.1, -0.05) is 12.1 Å². The van der Waals surface area contributed by atoms with E-state index in [4.69, 9.17) is 15.2 Å². The van der Waals surface area contributed by atoms with Gasteiger partial charge in [0.25, 0.3) is 0 Å². The highest BCUT2D eigenvalue weighted by atomic mass is 16.5. The van der Waals surface area contributed by atoms with Crippen molar-refractivity contribution < 1.29 is 19.1 Å². The number of carbonyl (C=O) groups is 2. The number of hydrogen-bond acceptors (Lipinski definition) is 6. The lowest BCUT2D eigenvalue weighted by molar-refractivity contribution is 0.0977. The maximum absolute atomic E-state index is 12.6. The molecule has 32 heavy (non-hydrogen) atoms. The minimum absolute atomic E-state index is 0.0427. The number of nitrogens with two attached hydrogens (primary N) is 1. The summed E-state index contributed by atoms with van der Waals surface area (Å²) < 4.78 is 10.7. The molecule has 0 spiro atoms. The number of Topliss-reactive ketones (excluding diaryl/α,β-unsaturated/α-hetero) is 1. The quantitative estimate of drug-likeness (QED) is 0.434. The zero-order chi connectivity index (χ0) is 22.9. The van der Waals surface area contributed by atoms with Gasteiger partial charge < -0.3 is 25.4 Å². The molecule has 0 aromatic heterocycles. The minimum Gasteiger partial charge on any atom is -0.495 e. The van der Waals surface area contributed by atoms with Crippen LogP contribution in [0.4, 0.5) is 16.2 Å². The largest absolute Gasteiger partial charge is 0.495 e. The molecule has 0 saturated carbocycles. The number of anilines is 2. The van der Waals surface area contributed by atoms with Gasteiger partial charge in [-0.3, -0.25) is 9.69 Å². The molecule has 2 aromatic carbocycles. The molecule has 8 nitrogen and oxygen atoms in total. The van der Waals surface area contributed by atoms with Crippen LogP contribution in [0.5, 0.6) is 11.5 Å². The lowest BCUT2D eigenvalue weighted by Gasteiger charge is -2.36. The van der Waals surface area contributed by atoms with E-state index in [9.17, 15) is 9.59 Å². The lowest BCUT2D eigenvalue weighted by atomic mass is 10.0. The van der Waals surface area contributed by atoms with E-state index in [0.29, 0.717) is 23.4 Å². The van der Waals surface area contributed by atoms with Crippen LogP contribution in [-0.2, 0) is 0 Å². The maximum Gasteiger partial charge on any atom is 0.316 e. The van der Waals surface area contributed by atoms with Crippen LogP contribution in [0.1, 0.15) is 29.6 Å². The molecule has 3 N–H and O–H groups in total. The van der Waals surface area contributed by atoms with Crippen LogP contribution in [0.25, 0.3) is 0 Å². The predicted octanol–water partition coefficient (Wildman–Crippen LogP) is 3.37. The fourth-order valence-electron chi connectivity index (χ4n) is 3.98. The molecule has 2 aromatic rings. The zero-order valence-corrected chi connectivity index (χ0v) is 18.8. The first-order valence-electron chi connectivity index (χ1n) is 10.9. The van der Waals surface area contributed by atoms with Gasteiger partial charge in [0.15, 0.2) is 5.78 Å². The second-order valence-corrected chi connectivity index (χ2v) is 7.79. The summed E-state index contributed by atoms with van der Waals surface area (Å²) in [6.07, 6.45) is 2.24. The molecule has 1 aliphatic heterocycles. The molecular weight excluding hydrogens is 408 g/mol. The van der Waals surface area contributed by atoms with Crippen molar-refractivity contribution in [1.82, 2.24) is 4.90 Å². The van der Waals surface area contributed by atoms with E-state index in [1.54, 1.807) is 25.3 Å². The van der Waals surface area contributed by atoms with Crippen LogP contribution >= 0.6 is 0 Å². The normalized spacial score (nSPS) is 14.1. The van der Waals surface area contributed by atoms with Crippen LogP contribution in [0.2, 0.25) is 0 Å². The monoisotopic (exact) mass is 440 g/mol. The molecule has 8 heteroatoms. The molecular formula is C24H32N4O4. The van der Waals surface area contributed by atoms with E-state index in [2.05, 4.69) is 21.2 Å². The average Bonchev–Trinajstić information content (AvgIpc) is 2.81. The first-order chi connectivity index (χ1) is 15.5. The van der Waals surface area contributed by atoms with E-state index in [0.717, 1.165) is 57.0 Å². The van der Waals surface area contributed by atoms with Crippen LogP contribution in [0, 0.1) is 0 Å². The van der Waals surface area contributed by atoms with Crippen LogP contribution < -0.4 is 25.4 Å². The van der Waals surface area contributed by atoms with Crippen molar-refractivity contribution in [1.29, 1.82) is 0 Å². The van der Waals surface area contributed by atoms with Crippen molar-refractivity contribution in [3.8, 4) is 11.5 Å². The van der Waals surface area contributed by atoms with Gasteiger partial charge in [0.2, 0.25) is 0 Å². The molecule has 1 fully saturated rings. The summed E-state index contributed by atoms with van der Waals surface area (Å²) in [4.78, 5) is 28.6. The Labute approximate surface area is 189 Å². The first kappa shape index (κ1) is 23.4. The van der Waals surface area contributed by atoms with Crippen molar-refractivity contribution >= 4 is 23.2 Å². The summed E-state index contributed by atoms with van der Waals surface area (Å²) in [6, 6.07) is 12.4. The summed E-state index contributed by atoms with van der Waals surface area (Å²) in [5.74, 6) is 1.42. The van der Waals surface area contributed by atoms with Crippen molar-refractivity contribution in [2.75, 3.05) is 57.2 Å². The van der Waals surface area contributed by atoms with E-state index >= 15 is 0 Å². The number of ether oxygens (including phenoxy) is 2. The minimum atomic E-state index is -0.696. The second kappa shape index (κ2) is 11.4. The number of nitrogens with one attached hydrogen (secondary N) is 1. The summed E-state index contributed by atoms with van der Waals surface area (Å²) >= 11 is 0. The van der Waals surface area contributed by atoms with Gasteiger partial charge in [-0.2, -0.15) is 0 Å². The molecule has 172 valence electrons. The maximum atomic E-state index is 12.6. The number of piperazine rings is 1. The van der Waals surface area contributed by atoms with Gasteiger partial charge in [-0.15, -0.1) is 0 Å². The van der Waals surface area contributed by atoms with Crippen molar-refractivity contribution in [2.45, 2.75) is 19.3 Å². The Hall–Kier alpha value is -3.26. The number of primary amides is 1. The third kappa shape index (κ3) is 6.13. The smallest absolute Gasteiger partial charge is 0.316 e. The van der Waals surface area contributed by atoms with Crippen LogP contribution in [0.3, 0.4) is 0 Å². The highest BCUT2D eigenvalue weighted by Gasteiger charge is 2.19. The molecule has 2 amide bonds. The van der Waals surface area contributed by atoms with E-state index in [1.165, 1.54) is 7.11 Å². The third-order valence-corrected chi connectivity index (χ3v) is 5.71. The van der Waals surface area contributed by atoms with Gasteiger partial charge in [-0.25, -0.2) is 4.79 Å². The van der Waals surface area contributed by atoms with Crippen LogP contribution in [0.15, 0.2) is 42.5 Å². The lowest BCUT2D eigenvalue weighted by Crippen LogP contribution is -2.46.